The van der Waals surface area contributed by atoms with Gasteiger partial charge in [0.2, 0.25) is 0 Å². The van der Waals surface area contributed by atoms with Crippen molar-refractivity contribution in [2.75, 3.05) is 16.2 Å². The first kappa shape index (κ1) is 18.3. The quantitative estimate of drug-likeness (QED) is 0.814. The van der Waals surface area contributed by atoms with Crippen LogP contribution >= 0.6 is 11.3 Å². The van der Waals surface area contributed by atoms with Crippen molar-refractivity contribution < 1.29 is 13.2 Å². The van der Waals surface area contributed by atoms with E-state index in [1.807, 2.05) is 29.2 Å². The van der Waals surface area contributed by atoms with E-state index in [2.05, 4.69) is 17.4 Å². The number of carbonyl (C=O) groups excluding carboxylic acids is 1. The Morgan fingerprint density at radius 1 is 1.22 bits per heavy atom. The molecule has 0 bridgehead atoms. The molecule has 6 nitrogen and oxygen atoms in total. The molecule has 27 heavy (non-hydrogen) atoms. The zero-order chi connectivity index (χ0) is 19.0. The molecule has 2 heterocycles. The highest BCUT2D eigenvalue weighted by molar-refractivity contribution is 7.92. The number of hydrogen-bond acceptors (Lipinski definition) is 5. The second kappa shape index (κ2) is 7.16. The number of amides is 1. The number of rotatable bonds is 4. The number of carbonyl (C=O) groups is 1. The van der Waals surface area contributed by atoms with Crippen molar-refractivity contribution in [3.8, 4) is 10.4 Å². The third-order valence-corrected chi connectivity index (χ3v) is 7.71. The Hall–Kier alpha value is -2.06. The summed E-state index contributed by atoms with van der Waals surface area (Å²) in [7, 11) is -3.78. The maximum absolute atomic E-state index is 12.1. The van der Waals surface area contributed by atoms with Gasteiger partial charge in [-0.25, -0.2) is 9.03 Å². The minimum absolute atomic E-state index is 0.164. The second-order valence-corrected chi connectivity index (χ2v) is 9.65. The highest BCUT2D eigenvalue weighted by atomic mass is 32.2. The molecule has 1 aliphatic heterocycles. The van der Waals surface area contributed by atoms with Crippen LogP contribution in [0.2, 0.25) is 0 Å². The maximum atomic E-state index is 12.1. The SMILES string of the molecule is Cc1c(N2CC(=O)NS2(=O)=O)csc1-c1cccc(NC2CCCCC2)c1. The van der Waals surface area contributed by atoms with E-state index in [-0.39, 0.29) is 6.54 Å². The first-order valence-electron chi connectivity index (χ1n) is 9.22. The lowest BCUT2D eigenvalue weighted by Crippen LogP contribution is -2.29. The molecule has 1 amide bonds. The Labute approximate surface area is 163 Å². The van der Waals surface area contributed by atoms with Gasteiger partial charge in [0.1, 0.15) is 6.54 Å². The summed E-state index contributed by atoms with van der Waals surface area (Å²) in [4.78, 5) is 12.5. The molecule has 1 saturated heterocycles. The summed E-state index contributed by atoms with van der Waals surface area (Å²) in [5.41, 5.74) is 3.59. The Balaban J connectivity index is 1.60. The van der Waals surface area contributed by atoms with Gasteiger partial charge in [-0.05, 0) is 43.0 Å². The zero-order valence-electron chi connectivity index (χ0n) is 15.2. The summed E-state index contributed by atoms with van der Waals surface area (Å²) in [5.74, 6) is -0.499. The first-order chi connectivity index (χ1) is 12.9. The van der Waals surface area contributed by atoms with Crippen LogP contribution < -0.4 is 14.3 Å². The molecule has 0 radical (unpaired) electrons. The van der Waals surface area contributed by atoms with Crippen LogP contribution in [0.3, 0.4) is 0 Å². The fraction of sp³-hybridized carbons (Fsp3) is 0.421. The molecule has 2 fully saturated rings. The zero-order valence-corrected chi connectivity index (χ0v) is 16.8. The molecule has 2 N–H and O–H groups in total. The average Bonchev–Trinajstić information content (AvgIpc) is 3.14. The number of hydrogen-bond donors (Lipinski definition) is 2. The normalized spacial score (nSPS) is 19.9. The van der Waals surface area contributed by atoms with Gasteiger partial charge >= 0.3 is 10.2 Å². The highest BCUT2D eigenvalue weighted by Gasteiger charge is 2.35. The molecule has 0 unspecified atom stereocenters. The molecule has 8 heteroatoms. The van der Waals surface area contributed by atoms with Gasteiger partial charge in [-0.15, -0.1) is 11.3 Å². The molecular formula is C19H23N3O3S2. The van der Waals surface area contributed by atoms with Gasteiger partial charge in [0.25, 0.3) is 5.91 Å². The third kappa shape index (κ3) is 3.68. The largest absolute Gasteiger partial charge is 0.382 e. The number of anilines is 2. The van der Waals surface area contributed by atoms with Gasteiger partial charge in [-0.2, -0.15) is 8.42 Å². The minimum Gasteiger partial charge on any atom is -0.382 e. The smallest absolute Gasteiger partial charge is 0.326 e. The van der Waals surface area contributed by atoms with Crippen molar-refractivity contribution >= 4 is 38.8 Å². The van der Waals surface area contributed by atoms with E-state index < -0.39 is 16.1 Å². The van der Waals surface area contributed by atoms with Crippen LogP contribution in [0, 0.1) is 6.92 Å². The van der Waals surface area contributed by atoms with Gasteiger partial charge in [-0.1, -0.05) is 31.4 Å². The average molecular weight is 406 g/mol. The van der Waals surface area contributed by atoms with Crippen molar-refractivity contribution in [3.05, 3.63) is 35.2 Å². The van der Waals surface area contributed by atoms with Gasteiger partial charge < -0.3 is 5.32 Å². The van der Waals surface area contributed by atoms with E-state index in [4.69, 9.17) is 0 Å². The lowest BCUT2D eigenvalue weighted by molar-refractivity contribution is -0.117. The molecular weight excluding hydrogens is 382 g/mol. The predicted molar refractivity (Wildman–Crippen MR) is 109 cm³/mol. The summed E-state index contributed by atoms with van der Waals surface area (Å²) < 4.78 is 27.4. The minimum atomic E-state index is -3.78. The van der Waals surface area contributed by atoms with Crippen LogP contribution in [0.5, 0.6) is 0 Å². The van der Waals surface area contributed by atoms with Crippen molar-refractivity contribution in [2.45, 2.75) is 45.1 Å². The molecule has 1 aromatic heterocycles. The van der Waals surface area contributed by atoms with E-state index in [9.17, 15) is 13.2 Å². The Morgan fingerprint density at radius 3 is 2.70 bits per heavy atom. The molecule has 2 aliphatic rings. The molecule has 0 spiro atoms. The monoisotopic (exact) mass is 405 g/mol. The van der Waals surface area contributed by atoms with Gasteiger partial charge in [-0.3, -0.25) is 4.79 Å². The molecule has 1 aromatic carbocycles. The van der Waals surface area contributed by atoms with Crippen LogP contribution in [-0.4, -0.2) is 26.9 Å². The standard InChI is InChI=1S/C19H23N3O3S2/c1-13-17(22-11-18(23)21-27(22,24)25)12-26-19(13)14-6-5-9-16(10-14)20-15-7-3-2-4-8-15/h5-6,9-10,12,15,20H,2-4,7-8,11H2,1H3,(H,21,23). The summed E-state index contributed by atoms with van der Waals surface area (Å²) in [6.07, 6.45) is 6.30. The first-order valence-corrected chi connectivity index (χ1v) is 11.5. The number of thiophene rings is 1. The maximum Gasteiger partial charge on any atom is 0.326 e. The van der Waals surface area contributed by atoms with E-state index in [0.717, 1.165) is 26.0 Å². The van der Waals surface area contributed by atoms with E-state index in [0.29, 0.717) is 11.7 Å². The third-order valence-electron chi connectivity index (χ3n) is 5.20. The van der Waals surface area contributed by atoms with Crippen molar-refractivity contribution in [2.24, 2.45) is 0 Å². The molecule has 4 rings (SSSR count). The lowest BCUT2D eigenvalue weighted by atomic mass is 9.95. The topological polar surface area (TPSA) is 78.5 Å². The number of nitrogens with one attached hydrogen (secondary N) is 2. The van der Waals surface area contributed by atoms with Crippen LogP contribution in [0.1, 0.15) is 37.7 Å². The van der Waals surface area contributed by atoms with Gasteiger partial charge in [0.05, 0.1) is 5.69 Å². The van der Waals surface area contributed by atoms with Crippen LogP contribution in [0.15, 0.2) is 29.6 Å². The Morgan fingerprint density at radius 2 is 2.00 bits per heavy atom. The van der Waals surface area contributed by atoms with Gasteiger partial charge in [0, 0.05) is 22.0 Å². The fourth-order valence-electron chi connectivity index (χ4n) is 3.83. The molecule has 1 saturated carbocycles. The summed E-state index contributed by atoms with van der Waals surface area (Å²) in [6, 6.07) is 8.79. The molecule has 2 aromatic rings. The van der Waals surface area contributed by atoms with Crippen LogP contribution in [0.25, 0.3) is 10.4 Å². The van der Waals surface area contributed by atoms with Crippen molar-refractivity contribution in [3.63, 3.8) is 0 Å². The number of benzene rings is 1. The van der Waals surface area contributed by atoms with Crippen molar-refractivity contribution in [1.29, 1.82) is 0 Å². The van der Waals surface area contributed by atoms with E-state index in [1.54, 1.807) is 0 Å². The molecule has 0 atom stereocenters. The van der Waals surface area contributed by atoms with Crippen molar-refractivity contribution in [1.82, 2.24) is 4.72 Å². The molecule has 1 aliphatic carbocycles. The van der Waals surface area contributed by atoms with E-state index in [1.165, 1.54) is 43.4 Å². The highest BCUT2D eigenvalue weighted by Crippen LogP contribution is 2.39. The second-order valence-electron chi connectivity index (χ2n) is 7.17. The Bertz CT molecular complexity index is 962. The van der Waals surface area contributed by atoms with E-state index >= 15 is 0 Å². The lowest BCUT2D eigenvalue weighted by Gasteiger charge is -2.24. The Kier molecular flexibility index (Phi) is 4.86. The van der Waals surface area contributed by atoms with Gasteiger partial charge in [0.15, 0.2) is 0 Å². The predicted octanol–water partition coefficient (Wildman–Crippen LogP) is 3.65. The fourth-order valence-corrected chi connectivity index (χ4v) is 6.18. The summed E-state index contributed by atoms with van der Waals surface area (Å²) in [5, 5.41) is 5.44. The molecule has 144 valence electrons. The summed E-state index contributed by atoms with van der Waals surface area (Å²) >= 11 is 1.50. The van der Waals surface area contributed by atoms with Crippen LogP contribution in [-0.2, 0) is 15.0 Å². The van der Waals surface area contributed by atoms with Crippen LogP contribution in [0.4, 0.5) is 11.4 Å². The number of nitrogens with zero attached hydrogens (tertiary/aromatic N) is 1. The summed E-state index contributed by atoms with van der Waals surface area (Å²) in [6.45, 7) is 1.74.